The predicted octanol–water partition coefficient (Wildman–Crippen LogP) is 5.32. The van der Waals surface area contributed by atoms with Crippen LogP contribution in [0.15, 0.2) is 63.9 Å². The molecule has 0 bridgehead atoms. The van der Waals surface area contributed by atoms with Crippen molar-refractivity contribution < 1.29 is 36.8 Å². The second-order valence-electron chi connectivity index (χ2n) is 9.59. The lowest BCUT2D eigenvalue weighted by Gasteiger charge is -2.21. The van der Waals surface area contributed by atoms with Crippen LogP contribution in [-0.2, 0) is 21.7 Å². The summed E-state index contributed by atoms with van der Waals surface area (Å²) in [5.41, 5.74) is -0.0466. The highest BCUT2D eigenvalue weighted by atomic mass is 35.5. The molecule has 0 unspecified atom stereocenters. The van der Waals surface area contributed by atoms with Crippen LogP contribution in [0.2, 0.25) is 5.02 Å². The van der Waals surface area contributed by atoms with E-state index < -0.39 is 35.4 Å². The van der Waals surface area contributed by atoms with Crippen molar-refractivity contribution in [1.29, 1.82) is 0 Å². The average molecular weight is 587 g/mol. The average Bonchev–Trinajstić information content (AvgIpc) is 3.50. The van der Waals surface area contributed by atoms with Crippen LogP contribution < -0.4 is 15.7 Å². The second-order valence-corrected chi connectivity index (χ2v) is 10.00. The van der Waals surface area contributed by atoms with Crippen LogP contribution in [0.3, 0.4) is 0 Å². The standard InChI is InChI=1S/C27H18ClF3N4O6/c1-13-3-6-17-21(9-13)41-33-22(17)35-20-11-16(39-27(29,30)31)5-8-19(20)34(25(35)38)12-14-10-15(4-7-18(14)28)26(2)23(36)32-24(37)40-26/h3-11H,12H2,1-2H3,(H,32,36,37)/t26-/m0/s1. The van der Waals surface area contributed by atoms with E-state index in [9.17, 15) is 27.6 Å². The van der Waals surface area contributed by atoms with Crippen LogP contribution in [0, 0.1) is 6.92 Å². The van der Waals surface area contributed by atoms with Crippen molar-refractivity contribution in [1.82, 2.24) is 19.6 Å². The number of ether oxygens (including phenoxy) is 2. The number of nitrogens with one attached hydrogen (secondary N) is 1. The molecule has 0 aliphatic carbocycles. The number of alkyl halides is 3. The summed E-state index contributed by atoms with van der Waals surface area (Å²) in [6, 6.07) is 13.2. The number of benzene rings is 3. The van der Waals surface area contributed by atoms with Crippen molar-refractivity contribution in [3.05, 3.63) is 86.8 Å². The van der Waals surface area contributed by atoms with Crippen LogP contribution >= 0.6 is 11.6 Å². The maximum absolute atomic E-state index is 13.9. The van der Waals surface area contributed by atoms with Crippen LogP contribution in [0.25, 0.3) is 27.8 Å². The molecule has 3 aromatic carbocycles. The molecule has 3 heterocycles. The van der Waals surface area contributed by atoms with Gasteiger partial charge in [0.1, 0.15) is 5.75 Å². The zero-order valence-corrected chi connectivity index (χ0v) is 22.0. The number of carbonyl (C=O) groups is 2. The third kappa shape index (κ3) is 4.47. The Morgan fingerprint density at radius 1 is 1.05 bits per heavy atom. The molecule has 5 aromatic rings. The van der Waals surface area contributed by atoms with Gasteiger partial charge in [0.2, 0.25) is 5.60 Å². The van der Waals surface area contributed by atoms with E-state index in [1.54, 1.807) is 18.2 Å². The Hall–Kier alpha value is -4.78. The first-order valence-electron chi connectivity index (χ1n) is 12.0. The van der Waals surface area contributed by atoms with Crippen LogP contribution in [-0.4, -0.2) is 32.7 Å². The molecule has 2 amide bonds. The molecule has 1 N–H and O–H groups in total. The summed E-state index contributed by atoms with van der Waals surface area (Å²) in [5.74, 6) is -1.14. The van der Waals surface area contributed by atoms with Gasteiger partial charge >= 0.3 is 18.1 Å². The van der Waals surface area contributed by atoms with E-state index >= 15 is 0 Å². The monoisotopic (exact) mass is 586 g/mol. The molecule has 1 aliphatic rings. The molecule has 14 heteroatoms. The quantitative estimate of drug-likeness (QED) is 0.296. The molecule has 0 spiro atoms. The van der Waals surface area contributed by atoms with Gasteiger partial charge in [-0.05, 0) is 61.4 Å². The Morgan fingerprint density at radius 3 is 2.54 bits per heavy atom. The molecule has 6 rings (SSSR count). The number of halogens is 4. The molecule has 1 atom stereocenters. The highest BCUT2D eigenvalue weighted by molar-refractivity contribution is 6.31. The van der Waals surface area contributed by atoms with Crippen molar-refractivity contribution in [3.63, 3.8) is 0 Å². The molecular formula is C27H18ClF3N4O6. The summed E-state index contributed by atoms with van der Waals surface area (Å²) >= 11 is 6.46. The maximum atomic E-state index is 13.9. The SMILES string of the molecule is Cc1ccc2c(-n3c(=O)n(Cc4cc([C@]5(C)OC(=O)NC5=O)ccc4Cl)c4ccc(OC(F)(F)F)cc43)noc2c1. The van der Waals surface area contributed by atoms with E-state index in [1.807, 2.05) is 6.92 Å². The number of aromatic nitrogens is 3. The molecule has 1 fully saturated rings. The highest BCUT2D eigenvalue weighted by Gasteiger charge is 2.46. The third-order valence-corrected chi connectivity index (χ3v) is 7.19. The predicted molar refractivity (Wildman–Crippen MR) is 139 cm³/mol. The van der Waals surface area contributed by atoms with Crippen molar-refractivity contribution in [2.45, 2.75) is 32.4 Å². The summed E-state index contributed by atoms with van der Waals surface area (Å²) in [6.45, 7) is 3.10. The first-order chi connectivity index (χ1) is 19.3. The molecule has 0 saturated carbocycles. The zero-order valence-electron chi connectivity index (χ0n) is 21.2. The Balaban J connectivity index is 1.53. The van der Waals surface area contributed by atoms with Gasteiger partial charge < -0.3 is 14.0 Å². The number of amides is 2. The van der Waals surface area contributed by atoms with Gasteiger partial charge in [-0.1, -0.05) is 28.9 Å². The van der Waals surface area contributed by atoms with E-state index in [2.05, 4.69) is 15.2 Å². The molecule has 10 nitrogen and oxygen atoms in total. The number of carbonyl (C=O) groups excluding carboxylic acids is 2. The number of cyclic esters (lactones) is 1. The minimum absolute atomic E-state index is 0.0656. The second kappa shape index (κ2) is 9.13. The molecule has 41 heavy (non-hydrogen) atoms. The van der Waals surface area contributed by atoms with Gasteiger partial charge in [0, 0.05) is 16.7 Å². The first kappa shape index (κ1) is 26.4. The largest absolute Gasteiger partial charge is 0.573 e. The zero-order chi connectivity index (χ0) is 29.3. The van der Waals surface area contributed by atoms with Gasteiger partial charge in [-0.2, -0.15) is 0 Å². The normalized spacial score (nSPS) is 17.3. The maximum Gasteiger partial charge on any atom is 0.573 e. The highest BCUT2D eigenvalue weighted by Crippen LogP contribution is 2.34. The van der Waals surface area contributed by atoms with Crippen molar-refractivity contribution >= 4 is 45.6 Å². The number of alkyl carbamates (subject to hydrolysis) is 1. The van der Waals surface area contributed by atoms with Gasteiger partial charge in [-0.3, -0.25) is 14.7 Å². The number of imidazole rings is 1. The van der Waals surface area contributed by atoms with Gasteiger partial charge in [-0.15, -0.1) is 13.2 Å². The molecule has 2 aromatic heterocycles. The van der Waals surface area contributed by atoms with Crippen LogP contribution in [0.5, 0.6) is 5.75 Å². The fourth-order valence-corrected chi connectivity index (χ4v) is 4.98. The fourth-order valence-electron chi connectivity index (χ4n) is 4.81. The van der Waals surface area contributed by atoms with Gasteiger partial charge in [0.25, 0.3) is 5.91 Å². The number of hydrogen-bond acceptors (Lipinski definition) is 7. The molecule has 1 saturated heterocycles. The van der Waals surface area contributed by atoms with Gasteiger partial charge in [-0.25, -0.2) is 14.2 Å². The number of hydrogen-bond donors (Lipinski definition) is 1. The number of aryl methyl sites for hydroxylation is 1. The lowest BCUT2D eigenvalue weighted by atomic mass is 9.94. The van der Waals surface area contributed by atoms with Crippen molar-refractivity contribution in [3.8, 4) is 11.6 Å². The molecule has 0 radical (unpaired) electrons. The Labute approximate surface area is 232 Å². The Bertz CT molecular complexity index is 1960. The first-order valence-corrected chi connectivity index (χ1v) is 12.4. The third-order valence-electron chi connectivity index (χ3n) is 6.83. The van der Waals surface area contributed by atoms with E-state index in [0.29, 0.717) is 22.1 Å². The molecular weight excluding hydrogens is 569 g/mol. The Kier molecular flexibility index (Phi) is 5.89. The van der Waals surface area contributed by atoms with Crippen LogP contribution in [0.1, 0.15) is 23.6 Å². The topological polar surface area (TPSA) is 118 Å². The van der Waals surface area contributed by atoms with Gasteiger partial charge in [0.15, 0.2) is 11.4 Å². The summed E-state index contributed by atoms with van der Waals surface area (Å²) < 4.78 is 56.2. The minimum Gasteiger partial charge on any atom is -0.428 e. The number of nitrogens with zero attached hydrogens (tertiary/aromatic N) is 3. The van der Waals surface area contributed by atoms with E-state index in [0.717, 1.165) is 22.3 Å². The summed E-state index contributed by atoms with van der Waals surface area (Å²) in [6.07, 6.45) is -5.86. The number of fused-ring (bicyclic) bond motifs is 2. The minimum atomic E-state index is -4.96. The van der Waals surface area contributed by atoms with Crippen LogP contribution in [0.4, 0.5) is 18.0 Å². The summed E-state index contributed by atoms with van der Waals surface area (Å²) in [4.78, 5) is 38.0. The summed E-state index contributed by atoms with van der Waals surface area (Å²) in [5, 5.41) is 6.82. The van der Waals surface area contributed by atoms with E-state index in [-0.39, 0.29) is 28.4 Å². The van der Waals surface area contributed by atoms with E-state index in [4.69, 9.17) is 20.9 Å². The Morgan fingerprint density at radius 2 is 1.83 bits per heavy atom. The summed E-state index contributed by atoms with van der Waals surface area (Å²) in [7, 11) is 0. The molecule has 1 aliphatic heterocycles. The fraction of sp³-hybridized carbons (Fsp3) is 0.185. The number of rotatable bonds is 5. The van der Waals surface area contributed by atoms with Gasteiger partial charge in [0.05, 0.1) is 23.0 Å². The lowest BCUT2D eigenvalue weighted by Crippen LogP contribution is -2.33. The van der Waals surface area contributed by atoms with Crippen molar-refractivity contribution in [2.24, 2.45) is 0 Å². The van der Waals surface area contributed by atoms with Crippen molar-refractivity contribution in [2.75, 3.05) is 0 Å². The van der Waals surface area contributed by atoms with E-state index in [1.165, 1.54) is 35.8 Å². The smallest absolute Gasteiger partial charge is 0.428 e. The molecule has 210 valence electrons. The lowest BCUT2D eigenvalue weighted by molar-refractivity contribution is -0.274. The number of imide groups is 1.